The molecule has 1 heterocycles. The summed E-state index contributed by atoms with van der Waals surface area (Å²) < 4.78 is 4.67. The number of carbonyl (C=O) groups excluding carboxylic acids is 2. The molecular formula is C15H19N5O3. The first-order valence-corrected chi connectivity index (χ1v) is 7.02. The van der Waals surface area contributed by atoms with Crippen LogP contribution in [0, 0.1) is 6.92 Å². The Morgan fingerprint density at radius 1 is 1.35 bits per heavy atom. The van der Waals surface area contributed by atoms with Gasteiger partial charge in [0.2, 0.25) is 5.91 Å². The van der Waals surface area contributed by atoms with E-state index >= 15 is 0 Å². The van der Waals surface area contributed by atoms with Crippen LogP contribution in [-0.4, -0.2) is 41.0 Å². The Bertz CT molecular complexity index is 711. The molecule has 2 rings (SSSR count). The second-order valence-corrected chi connectivity index (χ2v) is 5.32. The van der Waals surface area contributed by atoms with Gasteiger partial charge in [0.25, 0.3) is 0 Å². The molecule has 2 amide bonds. The van der Waals surface area contributed by atoms with Gasteiger partial charge in [-0.3, -0.25) is 14.5 Å². The summed E-state index contributed by atoms with van der Waals surface area (Å²) in [6.45, 7) is 2.00. The fourth-order valence-electron chi connectivity index (χ4n) is 2.24. The number of benzene rings is 1. The number of nitrogens with one attached hydrogen (secondary N) is 1. The average Bonchev–Trinajstić information content (AvgIpc) is 2.96. The third-order valence-electron chi connectivity index (χ3n) is 3.35. The molecule has 0 aliphatic rings. The Labute approximate surface area is 133 Å². The first-order valence-electron chi connectivity index (χ1n) is 7.02. The van der Waals surface area contributed by atoms with Crippen LogP contribution in [0.1, 0.15) is 33.7 Å². The average molecular weight is 317 g/mol. The molecule has 1 aromatic carbocycles. The predicted molar refractivity (Wildman–Crippen MR) is 82.3 cm³/mol. The predicted octanol–water partition coefficient (Wildman–Crippen LogP) is 0.396. The molecule has 8 heteroatoms. The summed E-state index contributed by atoms with van der Waals surface area (Å²) in [6.07, 6.45) is 0. The SMILES string of the molecule is Cc1ccccc1C(C(=O)NCc1noc(C(N)=O)n1)N(C)C. The second kappa shape index (κ2) is 7.01. The van der Waals surface area contributed by atoms with Crippen LogP contribution in [0.4, 0.5) is 0 Å². The van der Waals surface area contributed by atoms with Gasteiger partial charge >= 0.3 is 11.8 Å². The van der Waals surface area contributed by atoms with Crippen molar-refractivity contribution in [1.82, 2.24) is 20.4 Å². The summed E-state index contributed by atoms with van der Waals surface area (Å²) in [5.41, 5.74) is 6.98. The number of likely N-dealkylation sites (N-methyl/N-ethyl adjacent to an activating group) is 1. The van der Waals surface area contributed by atoms with E-state index in [0.29, 0.717) is 0 Å². The molecule has 0 saturated heterocycles. The smallest absolute Gasteiger partial charge is 0.315 e. The monoisotopic (exact) mass is 317 g/mol. The number of rotatable bonds is 6. The van der Waals surface area contributed by atoms with Crippen molar-refractivity contribution in [1.29, 1.82) is 0 Å². The lowest BCUT2D eigenvalue weighted by Gasteiger charge is -2.25. The fraction of sp³-hybridized carbons (Fsp3) is 0.333. The van der Waals surface area contributed by atoms with Crippen molar-refractivity contribution < 1.29 is 14.1 Å². The third-order valence-corrected chi connectivity index (χ3v) is 3.35. The zero-order chi connectivity index (χ0) is 17.0. The minimum absolute atomic E-state index is 0.0475. The van der Waals surface area contributed by atoms with E-state index in [1.165, 1.54) is 0 Å². The Morgan fingerprint density at radius 2 is 2.04 bits per heavy atom. The number of carbonyl (C=O) groups is 2. The van der Waals surface area contributed by atoms with Crippen LogP contribution in [-0.2, 0) is 11.3 Å². The van der Waals surface area contributed by atoms with Gasteiger partial charge in [0.15, 0.2) is 5.82 Å². The van der Waals surface area contributed by atoms with Gasteiger partial charge in [-0.15, -0.1) is 0 Å². The lowest BCUT2D eigenvalue weighted by Crippen LogP contribution is -2.37. The van der Waals surface area contributed by atoms with Crippen molar-refractivity contribution in [2.75, 3.05) is 14.1 Å². The van der Waals surface area contributed by atoms with Gasteiger partial charge in [0.05, 0.1) is 6.54 Å². The van der Waals surface area contributed by atoms with Crippen LogP contribution in [0.25, 0.3) is 0 Å². The van der Waals surface area contributed by atoms with Crippen LogP contribution >= 0.6 is 0 Å². The van der Waals surface area contributed by atoms with E-state index in [0.717, 1.165) is 11.1 Å². The van der Waals surface area contributed by atoms with Gasteiger partial charge in [0, 0.05) is 0 Å². The molecule has 23 heavy (non-hydrogen) atoms. The number of hydrogen-bond acceptors (Lipinski definition) is 6. The molecule has 0 fully saturated rings. The molecule has 2 aromatic rings. The van der Waals surface area contributed by atoms with Gasteiger partial charge < -0.3 is 15.6 Å². The molecular weight excluding hydrogens is 298 g/mol. The van der Waals surface area contributed by atoms with Crippen LogP contribution in [0.3, 0.4) is 0 Å². The number of hydrogen-bond donors (Lipinski definition) is 2. The minimum atomic E-state index is -0.804. The number of aryl methyl sites for hydroxylation is 1. The number of primary amides is 1. The Hall–Kier alpha value is -2.74. The van der Waals surface area contributed by atoms with E-state index in [-0.39, 0.29) is 24.2 Å². The standard InChI is InChI=1S/C15H19N5O3/c1-9-6-4-5-7-10(9)12(20(2)3)14(22)17-8-11-18-15(13(16)21)23-19-11/h4-7,12H,8H2,1-3H3,(H2,16,21)(H,17,22). The Balaban J connectivity index is 2.10. The van der Waals surface area contributed by atoms with Crippen molar-refractivity contribution >= 4 is 11.8 Å². The van der Waals surface area contributed by atoms with Gasteiger partial charge in [-0.2, -0.15) is 4.98 Å². The first kappa shape index (κ1) is 16.6. The molecule has 8 nitrogen and oxygen atoms in total. The third kappa shape index (κ3) is 3.92. The fourth-order valence-corrected chi connectivity index (χ4v) is 2.24. The largest absolute Gasteiger partial charge is 0.361 e. The van der Waals surface area contributed by atoms with E-state index in [9.17, 15) is 9.59 Å². The Kier molecular flexibility index (Phi) is 5.07. The molecule has 122 valence electrons. The lowest BCUT2D eigenvalue weighted by molar-refractivity contribution is -0.126. The van der Waals surface area contributed by atoms with Gasteiger partial charge in [-0.25, -0.2) is 0 Å². The number of nitrogens with zero attached hydrogens (tertiary/aromatic N) is 3. The summed E-state index contributed by atoms with van der Waals surface area (Å²) in [7, 11) is 3.66. The van der Waals surface area contributed by atoms with Crippen molar-refractivity contribution in [3.8, 4) is 0 Å². The van der Waals surface area contributed by atoms with Crippen LogP contribution < -0.4 is 11.1 Å². The highest BCUT2D eigenvalue weighted by Crippen LogP contribution is 2.22. The van der Waals surface area contributed by atoms with Crippen molar-refractivity contribution in [3.05, 3.63) is 47.1 Å². The van der Waals surface area contributed by atoms with Gasteiger partial charge in [-0.05, 0) is 32.1 Å². The van der Waals surface area contributed by atoms with E-state index < -0.39 is 11.9 Å². The topological polar surface area (TPSA) is 114 Å². The summed E-state index contributed by atoms with van der Waals surface area (Å²) in [6, 6.07) is 7.24. The maximum absolute atomic E-state index is 12.5. The minimum Gasteiger partial charge on any atom is -0.361 e. The summed E-state index contributed by atoms with van der Waals surface area (Å²) in [4.78, 5) is 29.0. The van der Waals surface area contributed by atoms with E-state index in [2.05, 4.69) is 20.0 Å². The molecule has 0 spiro atoms. The summed E-state index contributed by atoms with van der Waals surface area (Å²) in [5, 5.41) is 6.33. The normalized spacial score (nSPS) is 12.2. The number of aromatic nitrogens is 2. The number of amides is 2. The Morgan fingerprint density at radius 3 is 2.61 bits per heavy atom. The van der Waals surface area contributed by atoms with E-state index in [1.54, 1.807) is 0 Å². The molecule has 1 unspecified atom stereocenters. The first-order chi connectivity index (χ1) is 10.9. The lowest BCUT2D eigenvalue weighted by atomic mass is 10.00. The molecule has 3 N–H and O–H groups in total. The number of nitrogens with two attached hydrogens (primary N) is 1. The van der Waals surface area contributed by atoms with Crippen LogP contribution in [0.15, 0.2) is 28.8 Å². The molecule has 0 saturated carbocycles. The highest BCUT2D eigenvalue weighted by molar-refractivity contribution is 5.87. The maximum Gasteiger partial charge on any atom is 0.315 e. The van der Waals surface area contributed by atoms with E-state index in [4.69, 9.17) is 5.73 Å². The van der Waals surface area contributed by atoms with E-state index in [1.807, 2.05) is 50.2 Å². The zero-order valence-electron chi connectivity index (χ0n) is 13.2. The molecule has 0 aliphatic carbocycles. The summed E-state index contributed by atoms with van der Waals surface area (Å²) >= 11 is 0. The van der Waals surface area contributed by atoms with Crippen molar-refractivity contribution in [2.45, 2.75) is 19.5 Å². The van der Waals surface area contributed by atoms with Crippen molar-refractivity contribution in [3.63, 3.8) is 0 Å². The highest BCUT2D eigenvalue weighted by Gasteiger charge is 2.24. The molecule has 0 radical (unpaired) electrons. The van der Waals surface area contributed by atoms with Crippen LogP contribution in [0.5, 0.6) is 0 Å². The quantitative estimate of drug-likeness (QED) is 0.797. The van der Waals surface area contributed by atoms with Crippen LogP contribution in [0.2, 0.25) is 0 Å². The van der Waals surface area contributed by atoms with Gasteiger partial charge in [0.1, 0.15) is 6.04 Å². The molecule has 0 bridgehead atoms. The molecule has 1 aromatic heterocycles. The maximum atomic E-state index is 12.5. The molecule has 1 atom stereocenters. The van der Waals surface area contributed by atoms with Gasteiger partial charge in [-0.1, -0.05) is 29.4 Å². The summed E-state index contributed by atoms with van der Waals surface area (Å²) in [5.74, 6) is -1.09. The molecule has 0 aliphatic heterocycles. The van der Waals surface area contributed by atoms with Crippen molar-refractivity contribution in [2.24, 2.45) is 5.73 Å². The zero-order valence-corrected chi connectivity index (χ0v) is 13.2. The highest BCUT2D eigenvalue weighted by atomic mass is 16.5. The second-order valence-electron chi connectivity index (χ2n) is 5.32.